The Morgan fingerprint density at radius 3 is 2.85 bits per heavy atom. The van der Waals surface area contributed by atoms with Crippen LogP contribution in [0.1, 0.15) is 19.5 Å². The molecule has 1 aromatic rings. The average molecular weight is 279 g/mol. The van der Waals surface area contributed by atoms with Gasteiger partial charge in [-0.3, -0.25) is 9.88 Å². The molecule has 1 aromatic heterocycles. The number of nitrogens with zero attached hydrogens (tertiary/aromatic N) is 2. The van der Waals surface area contributed by atoms with Crippen LogP contribution in [0.25, 0.3) is 0 Å². The van der Waals surface area contributed by atoms with Gasteiger partial charge in [0.1, 0.15) is 5.69 Å². The molecule has 1 aliphatic rings. The maximum Gasteiger partial charge on any atom is 0.183 e. The lowest BCUT2D eigenvalue weighted by molar-refractivity contribution is 0.114. The molecule has 0 aromatic carbocycles. The summed E-state index contributed by atoms with van der Waals surface area (Å²) in [6.45, 7) is 8.41. The largest absolute Gasteiger partial charge is 0.493 e. The third-order valence-corrected chi connectivity index (χ3v) is 3.89. The number of hydrogen-bond acceptors (Lipinski definition) is 5. The predicted octanol–water partition coefficient (Wildman–Crippen LogP) is 1.53. The molecule has 0 spiro atoms. The van der Waals surface area contributed by atoms with Crippen molar-refractivity contribution in [3.05, 3.63) is 18.0 Å². The molecule has 1 unspecified atom stereocenters. The molecule has 2 rings (SSSR count). The first-order valence-electron chi connectivity index (χ1n) is 7.18. The minimum atomic E-state index is 0.529. The van der Waals surface area contributed by atoms with E-state index in [1.54, 1.807) is 20.4 Å². The van der Waals surface area contributed by atoms with E-state index in [0.717, 1.165) is 43.4 Å². The second-order valence-corrected chi connectivity index (χ2v) is 5.48. The highest BCUT2D eigenvalue weighted by atomic mass is 16.5. The summed E-state index contributed by atoms with van der Waals surface area (Å²) in [6.07, 6.45) is 1.78. The molecule has 0 amide bonds. The van der Waals surface area contributed by atoms with Crippen molar-refractivity contribution in [3.8, 4) is 11.5 Å². The third kappa shape index (κ3) is 3.22. The molecule has 0 radical (unpaired) electrons. The van der Waals surface area contributed by atoms with Crippen molar-refractivity contribution in [1.82, 2.24) is 15.2 Å². The number of aromatic nitrogens is 1. The standard InChI is InChI=1S/C15H25N3O2/c1-11(2)13-9-16-7-8-18(13)10-12-15(20-4)14(19-3)5-6-17-12/h5-6,11,13,16H,7-10H2,1-4H3. The molecule has 0 saturated carbocycles. The Bertz CT molecular complexity index is 437. The van der Waals surface area contributed by atoms with Crippen molar-refractivity contribution < 1.29 is 9.47 Å². The van der Waals surface area contributed by atoms with E-state index in [9.17, 15) is 0 Å². The number of hydrogen-bond donors (Lipinski definition) is 1. The van der Waals surface area contributed by atoms with Gasteiger partial charge in [0, 0.05) is 44.5 Å². The summed E-state index contributed by atoms with van der Waals surface area (Å²) in [6, 6.07) is 2.36. The molecule has 1 N–H and O–H groups in total. The molecule has 20 heavy (non-hydrogen) atoms. The zero-order valence-corrected chi connectivity index (χ0v) is 12.8. The van der Waals surface area contributed by atoms with Crippen LogP contribution in [-0.4, -0.2) is 49.8 Å². The Morgan fingerprint density at radius 2 is 2.20 bits per heavy atom. The van der Waals surface area contributed by atoms with Crippen LogP contribution in [0.3, 0.4) is 0 Å². The van der Waals surface area contributed by atoms with E-state index >= 15 is 0 Å². The highest BCUT2D eigenvalue weighted by Gasteiger charge is 2.26. The summed E-state index contributed by atoms with van der Waals surface area (Å²) in [4.78, 5) is 6.96. The predicted molar refractivity (Wildman–Crippen MR) is 79.2 cm³/mol. The SMILES string of the molecule is COc1ccnc(CN2CCNCC2C(C)C)c1OC. The number of ether oxygens (including phenoxy) is 2. The summed E-state index contributed by atoms with van der Waals surface area (Å²) in [7, 11) is 3.32. The molecular formula is C15H25N3O2. The van der Waals surface area contributed by atoms with E-state index in [2.05, 4.69) is 29.0 Å². The van der Waals surface area contributed by atoms with Crippen molar-refractivity contribution in [2.24, 2.45) is 5.92 Å². The first-order chi connectivity index (χ1) is 9.67. The van der Waals surface area contributed by atoms with Crippen LogP contribution in [0.2, 0.25) is 0 Å². The molecule has 1 fully saturated rings. The van der Waals surface area contributed by atoms with Crippen molar-refractivity contribution in [1.29, 1.82) is 0 Å². The molecular weight excluding hydrogens is 254 g/mol. The highest BCUT2D eigenvalue weighted by molar-refractivity contribution is 5.42. The first-order valence-corrected chi connectivity index (χ1v) is 7.18. The van der Waals surface area contributed by atoms with Gasteiger partial charge in [0.2, 0.25) is 0 Å². The van der Waals surface area contributed by atoms with Gasteiger partial charge >= 0.3 is 0 Å². The zero-order chi connectivity index (χ0) is 14.5. The molecule has 1 atom stereocenters. The van der Waals surface area contributed by atoms with Crippen LogP contribution in [0.4, 0.5) is 0 Å². The van der Waals surface area contributed by atoms with Gasteiger partial charge < -0.3 is 14.8 Å². The van der Waals surface area contributed by atoms with Crippen LogP contribution in [0, 0.1) is 5.92 Å². The molecule has 1 aliphatic heterocycles. The number of methoxy groups -OCH3 is 2. The topological polar surface area (TPSA) is 46.6 Å². The number of piperazine rings is 1. The number of rotatable bonds is 5. The Balaban J connectivity index is 2.19. The van der Waals surface area contributed by atoms with Gasteiger partial charge in [0.25, 0.3) is 0 Å². The van der Waals surface area contributed by atoms with Gasteiger partial charge in [-0.05, 0) is 5.92 Å². The molecule has 5 nitrogen and oxygen atoms in total. The highest BCUT2D eigenvalue weighted by Crippen LogP contribution is 2.30. The minimum absolute atomic E-state index is 0.529. The van der Waals surface area contributed by atoms with Crippen molar-refractivity contribution in [2.45, 2.75) is 26.4 Å². The molecule has 112 valence electrons. The third-order valence-electron chi connectivity index (χ3n) is 3.89. The second kappa shape index (κ2) is 6.90. The number of nitrogens with one attached hydrogen (secondary N) is 1. The fourth-order valence-electron chi connectivity index (χ4n) is 2.78. The van der Waals surface area contributed by atoms with Crippen LogP contribution in [-0.2, 0) is 6.54 Å². The lowest BCUT2D eigenvalue weighted by atomic mass is 10.0. The zero-order valence-electron chi connectivity index (χ0n) is 12.8. The summed E-state index contributed by atoms with van der Waals surface area (Å²) in [5.41, 5.74) is 0.944. The van der Waals surface area contributed by atoms with Gasteiger partial charge in [0.15, 0.2) is 11.5 Å². The quantitative estimate of drug-likeness (QED) is 0.885. The van der Waals surface area contributed by atoms with E-state index in [1.807, 2.05) is 6.07 Å². The minimum Gasteiger partial charge on any atom is -0.493 e. The normalized spacial score (nSPS) is 20.1. The van der Waals surface area contributed by atoms with E-state index in [0.29, 0.717) is 12.0 Å². The Morgan fingerprint density at radius 1 is 1.40 bits per heavy atom. The Hall–Kier alpha value is -1.33. The molecule has 1 saturated heterocycles. The molecule has 2 heterocycles. The average Bonchev–Trinajstić information content (AvgIpc) is 2.47. The van der Waals surface area contributed by atoms with E-state index in [4.69, 9.17) is 9.47 Å². The smallest absolute Gasteiger partial charge is 0.183 e. The summed E-state index contributed by atoms with van der Waals surface area (Å²) in [5.74, 6) is 2.10. The number of pyridine rings is 1. The Labute approximate surface area is 121 Å². The summed E-state index contributed by atoms with van der Waals surface area (Å²) < 4.78 is 10.8. The maximum absolute atomic E-state index is 5.47. The Kier molecular flexibility index (Phi) is 5.20. The fourth-order valence-corrected chi connectivity index (χ4v) is 2.78. The van der Waals surface area contributed by atoms with Crippen molar-refractivity contribution >= 4 is 0 Å². The lowest BCUT2D eigenvalue weighted by Gasteiger charge is -2.38. The summed E-state index contributed by atoms with van der Waals surface area (Å²) in [5, 5.41) is 3.47. The summed E-state index contributed by atoms with van der Waals surface area (Å²) >= 11 is 0. The van der Waals surface area contributed by atoms with Crippen LogP contribution < -0.4 is 14.8 Å². The van der Waals surface area contributed by atoms with E-state index < -0.39 is 0 Å². The van der Waals surface area contributed by atoms with Gasteiger partial charge in [-0.1, -0.05) is 13.8 Å². The van der Waals surface area contributed by atoms with Crippen LogP contribution in [0.5, 0.6) is 11.5 Å². The molecule has 0 aliphatic carbocycles. The van der Waals surface area contributed by atoms with Gasteiger partial charge in [-0.25, -0.2) is 0 Å². The first kappa shape index (κ1) is 15.1. The second-order valence-electron chi connectivity index (χ2n) is 5.48. The van der Waals surface area contributed by atoms with Crippen molar-refractivity contribution in [2.75, 3.05) is 33.9 Å². The fraction of sp³-hybridized carbons (Fsp3) is 0.667. The van der Waals surface area contributed by atoms with Crippen LogP contribution >= 0.6 is 0 Å². The van der Waals surface area contributed by atoms with E-state index in [1.165, 1.54) is 0 Å². The van der Waals surface area contributed by atoms with Gasteiger partial charge in [-0.2, -0.15) is 0 Å². The molecule has 5 heteroatoms. The lowest BCUT2D eigenvalue weighted by Crippen LogP contribution is -2.53. The molecule has 0 bridgehead atoms. The van der Waals surface area contributed by atoms with Crippen LogP contribution in [0.15, 0.2) is 12.3 Å². The maximum atomic E-state index is 5.47. The van der Waals surface area contributed by atoms with E-state index in [-0.39, 0.29) is 0 Å². The van der Waals surface area contributed by atoms with Crippen molar-refractivity contribution in [3.63, 3.8) is 0 Å². The van der Waals surface area contributed by atoms with Gasteiger partial charge in [0.05, 0.1) is 14.2 Å². The monoisotopic (exact) mass is 279 g/mol. The van der Waals surface area contributed by atoms with Gasteiger partial charge in [-0.15, -0.1) is 0 Å².